The third kappa shape index (κ3) is 2.88. The Morgan fingerprint density at radius 1 is 1.29 bits per heavy atom. The van der Waals surface area contributed by atoms with E-state index in [-0.39, 0.29) is 0 Å². The van der Waals surface area contributed by atoms with Crippen LogP contribution in [-0.4, -0.2) is 21.0 Å². The Balaban J connectivity index is 1.80. The Morgan fingerprint density at radius 2 is 2.14 bits per heavy atom. The largest absolute Gasteiger partial charge is 0.381 e. The number of nitrogens with zero attached hydrogens (tertiary/aromatic N) is 3. The number of thioether (sulfide) groups is 1. The van der Waals surface area contributed by atoms with Gasteiger partial charge in [0.05, 0.1) is 5.69 Å². The third-order valence-electron chi connectivity index (χ3n) is 3.49. The summed E-state index contributed by atoms with van der Waals surface area (Å²) in [5.74, 6) is 0. The lowest BCUT2D eigenvalue weighted by Crippen LogP contribution is -2.00. The van der Waals surface area contributed by atoms with Crippen LogP contribution in [0.3, 0.4) is 0 Å². The number of nitrogens with one attached hydrogen (secondary N) is 1. The summed E-state index contributed by atoms with van der Waals surface area (Å²) in [5, 5.41) is 8.97. The highest BCUT2D eigenvalue weighted by molar-refractivity contribution is 7.98. The molecule has 0 aliphatic heterocycles. The summed E-state index contributed by atoms with van der Waals surface area (Å²) in [5.41, 5.74) is 4.24. The summed E-state index contributed by atoms with van der Waals surface area (Å²) in [4.78, 5) is 5.76. The van der Waals surface area contributed by atoms with E-state index < -0.39 is 0 Å². The molecule has 0 unspecified atom stereocenters. The Morgan fingerprint density at radius 3 is 2.95 bits per heavy atom. The maximum Gasteiger partial charge on any atom is 0.157 e. The van der Waals surface area contributed by atoms with E-state index in [1.807, 2.05) is 24.9 Å². The smallest absolute Gasteiger partial charge is 0.157 e. The summed E-state index contributed by atoms with van der Waals surface area (Å²) < 4.78 is 1.82. The highest BCUT2D eigenvalue weighted by atomic mass is 32.2. The molecule has 5 heteroatoms. The zero-order valence-corrected chi connectivity index (χ0v) is 13.2. The van der Waals surface area contributed by atoms with E-state index in [0.717, 1.165) is 34.5 Å². The van der Waals surface area contributed by atoms with Crippen LogP contribution in [0.25, 0.3) is 11.0 Å². The molecule has 1 aromatic carbocycles. The topological polar surface area (TPSA) is 42.7 Å². The number of hydrogen-bond donors (Lipinski definition) is 1. The minimum absolute atomic E-state index is 0.759. The molecule has 0 atom stereocenters. The second-order valence-electron chi connectivity index (χ2n) is 5.01. The van der Waals surface area contributed by atoms with Crippen LogP contribution < -0.4 is 5.32 Å². The molecular formula is C16H18N4S. The zero-order valence-electron chi connectivity index (χ0n) is 12.4. The van der Waals surface area contributed by atoms with Crippen molar-refractivity contribution in [3.8, 4) is 0 Å². The van der Waals surface area contributed by atoms with Crippen molar-refractivity contribution in [3.05, 3.63) is 47.8 Å². The first-order valence-corrected chi connectivity index (χ1v) is 8.06. The van der Waals surface area contributed by atoms with Gasteiger partial charge in [0.25, 0.3) is 0 Å². The molecule has 0 saturated carbocycles. The molecule has 0 radical (unpaired) electrons. The van der Waals surface area contributed by atoms with Crippen LogP contribution in [0.5, 0.6) is 0 Å². The number of hydrogen-bond acceptors (Lipinski definition) is 4. The molecule has 0 spiro atoms. The lowest BCUT2D eigenvalue weighted by atomic mass is 10.2. The van der Waals surface area contributed by atoms with Crippen LogP contribution >= 0.6 is 11.8 Å². The van der Waals surface area contributed by atoms with E-state index >= 15 is 0 Å². The van der Waals surface area contributed by atoms with Gasteiger partial charge in [0, 0.05) is 35.8 Å². The predicted molar refractivity (Wildman–Crippen MR) is 88.8 cm³/mol. The molecule has 0 aliphatic rings. The highest BCUT2D eigenvalue weighted by Gasteiger charge is 2.06. The fourth-order valence-electron chi connectivity index (χ4n) is 2.38. The van der Waals surface area contributed by atoms with Gasteiger partial charge in [-0.15, -0.1) is 11.8 Å². The molecule has 0 fully saturated rings. The van der Waals surface area contributed by atoms with Gasteiger partial charge in [-0.1, -0.05) is 6.07 Å². The molecule has 1 N–H and O–H groups in total. The molecule has 108 valence electrons. The standard InChI is InChI=1S/C16H18N4S/c1-11-15-7-12(10-18-16(15)20(2)19-11)9-17-13-5-4-6-14(8-13)21-3/h4-8,10,17H,9H2,1-3H3. The molecule has 2 heterocycles. The van der Waals surface area contributed by atoms with Gasteiger partial charge < -0.3 is 5.32 Å². The van der Waals surface area contributed by atoms with Crippen LogP contribution in [0.1, 0.15) is 11.3 Å². The SMILES string of the molecule is CSc1cccc(NCc2cnc3c(c2)c(C)nn3C)c1. The average Bonchev–Trinajstić information content (AvgIpc) is 2.80. The molecule has 0 bridgehead atoms. The summed E-state index contributed by atoms with van der Waals surface area (Å²) in [6, 6.07) is 10.6. The van der Waals surface area contributed by atoms with Crippen LogP contribution in [0.2, 0.25) is 0 Å². The Labute approximate surface area is 128 Å². The molecular weight excluding hydrogens is 280 g/mol. The number of benzene rings is 1. The summed E-state index contributed by atoms with van der Waals surface area (Å²) in [6.45, 7) is 2.78. The number of fused-ring (bicyclic) bond motifs is 1. The monoisotopic (exact) mass is 298 g/mol. The lowest BCUT2D eigenvalue weighted by molar-refractivity contribution is 0.773. The first-order chi connectivity index (χ1) is 10.2. The molecule has 0 amide bonds. The van der Waals surface area contributed by atoms with Crippen molar-refractivity contribution in [2.24, 2.45) is 7.05 Å². The van der Waals surface area contributed by atoms with E-state index in [0.29, 0.717) is 0 Å². The van der Waals surface area contributed by atoms with Gasteiger partial charge in [-0.25, -0.2) is 4.98 Å². The van der Waals surface area contributed by atoms with Gasteiger partial charge in [-0.05, 0) is 43.0 Å². The maximum atomic E-state index is 4.50. The Kier molecular flexibility index (Phi) is 3.84. The maximum absolute atomic E-state index is 4.50. The summed E-state index contributed by atoms with van der Waals surface area (Å²) in [7, 11) is 1.92. The van der Waals surface area contributed by atoms with E-state index in [4.69, 9.17) is 0 Å². The molecule has 4 nitrogen and oxygen atoms in total. The number of anilines is 1. The normalized spacial score (nSPS) is 11.0. The zero-order chi connectivity index (χ0) is 14.8. The fraction of sp³-hybridized carbons (Fsp3) is 0.250. The number of rotatable bonds is 4. The second-order valence-corrected chi connectivity index (χ2v) is 5.89. The predicted octanol–water partition coefficient (Wildman–Crippen LogP) is 3.61. The van der Waals surface area contributed by atoms with Crippen molar-refractivity contribution in [2.45, 2.75) is 18.4 Å². The average molecular weight is 298 g/mol. The van der Waals surface area contributed by atoms with Crippen molar-refractivity contribution < 1.29 is 0 Å². The molecule has 3 aromatic rings. The first kappa shape index (κ1) is 13.9. The Bertz CT molecular complexity index is 779. The van der Waals surface area contributed by atoms with Gasteiger partial charge in [0.1, 0.15) is 0 Å². The van der Waals surface area contributed by atoms with E-state index in [9.17, 15) is 0 Å². The molecule has 21 heavy (non-hydrogen) atoms. The van der Waals surface area contributed by atoms with Crippen LogP contribution in [0, 0.1) is 6.92 Å². The second kappa shape index (κ2) is 5.77. The van der Waals surface area contributed by atoms with Gasteiger partial charge in [-0.3, -0.25) is 4.68 Å². The molecule has 3 rings (SSSR count). The van der Waals surface area contributed by atoms with E-state index in [1.54, 1.807) is 11.8 Å². The first-order valence-electron chi connectivity index (χ1n) is 6.83. The summed E-state index contributed by atoms with van der Waals surface area (Å²) >= 11 is 1.75. The van der Waals surface area contributed by atoms with Crippen LogP contribution in [-0.2, 0) is 13.6 Å². The molecule has 0 aliphatic carbocycles. The van der Waals surface area contributed by atoms with Crippen LogP contribution in [0.15, 0.2) is 41.4 Å². The number of aryl methyl sites for hydroxylation is 2. The van der Waals surface area contributed by atoms with E-state index in [2.05, 4.69) is 52.0 Å². The number of pyridine rings is 1. The third-order valence-corrected chi connectivity index (χ3v) is 4.21. The Hall–Kier alpha value is -2.01. The van der Waals surface area contributed by atoms with Crippen molar-refractivity contribution in [1.82, 2.24) is 14.8 Å². The highest BCUT2D eigenvalue weighted by Crippen LogP contribution is 2.20. The lowest BCUT2D eigenvalue weighted by Gasteiger charge is -2.08. The van der Waals surface area contributed by atoms with Gasteiger partial charge in [-0.2, -0.15) is 5.10 Å². The molecule has 2 aromatic heterocycles. The quantitative estimate of drug-likeness (QED) is 0.747. The van der Waals surface area contributed by atoms with Gasteiger partial charge >= 0.3 is 0 Å². The van der Waals surface area contributed by atoms with Crippen molar-refractivity contribution in [1.29, 1.82) is 0 Å². The minimum Gasteiger partial charge on any atom is -0.381 e. The van der Waals surface area contributed by atoms with E-state index in [1.165, 1.54) is 4.90 Å². The van der Waals surface area contributed by atoms with Crippen molar-refractivity contribution in [3.63, 3.8) is 0 Å². The van der Waals surface area contributed by atoms with Gasteiger partial charge in [0.15, 0.2) is 5.65 Å². The van der Waals surface area contributed by atoms with Crippen molar-refractivity contribution in [2.75, 3.05) is 11.6 Å². The fourth-order valence-corrected chi connectivity index (χ4v) is 2.84. The van der Waals surface area contributed by atoms with Crippen molar-refractivity contribution >= 4 is 28.5 Å². The number of aromatic nitrogens is 3. The van der Waals surface area contributed by atoms with Gasteiger partial charge in [0.2, 0.25) is 0 Å². The summed E-state index contributed by atoms with van der Waals surface area (Å²) in [6.07, 6.45) is 4.00. The van der Waals surface area contributed by atoms with Crippen LogP contribution in [0.4, 0.5) is 5.69 Å². The minimum atomic E-state index is 0.759. The molecule has 0 saturated heterocycles.